The van der Waals surface area contributed by atoms with Crippen molar-refractivity contribution >= 4 is 11.8 Å². The van der Waals surface area contributed by atoms with Crippen LogP contribution in [0.15, 0.2) is 11.6 Å². The van der Waals surface area contributed by atoms with Crippen molar-refractivity contribution in [3.8, 4) is 0 Å². The second kappa shape index (κ2) is 7.63. The van der Waals surface area contributed by atoms with Gasteiger partial charge >= 0.3 is 5.97 Å². The molecule has 1 fully saturated rings. The van der Waals surface area contributed by atoms with E-state index >= 15 is 0 Å². The minimum absolute atomic E-state index is 0.101. The van der Waals surface area contributed by atoms with Crippen molar-refractivity contribution < 1.29 is 14.7 Å². The zero-order valence-corrected chi connectivity index (χ0v) is 16.7. The number of aliphatic carboxylic acids is 1. The summed E-state index contributed by atoms with van der Waals surface area (Å²) in [6.07, 6.45) is 9.43. The molecule has 0 aromatic heterocycles. The first-order valence-electron chi connectivity index (χ1n) is 10.1. The lowest BCUT2D eigenvalue weighted by Crippen LogP contribution is -2.35. The Hall–Kier alpha value is -1.12. The Kier molecular flexibility index (Phi) is 6.17. The zero-order valence-electron chi connectivity index (χ0n) is 16.7. The van der Waals surface area contributed by atoms with E-state index in [1.54, 1.807) is 0 Å². The molecule has 1 unspecified atom stereocenters. The van der Waals surface area contributed by atoms with E-state index in [9.17, 15) is 14.7 Å². The summed E-state index contributed by atoms with van der Waals surface area (Å²) in [5, 5.41) is 9.60. The van der Waals surface area contributed by atoms with Crippen LogP contribution in [0, 0.1) is 28.6 Å². The highest BCUT2D eigenvalue weighted by molar-refractivity contribution is 5.91. The van der Waals surface area contributed by atoms with E-state index in [4.69, 9.17) is 0 Å². The molecule has 25 heavy (non-hydrogen) atoms. The van der Waals surface area contributed by atoms with Gasteiger partial charge in [-0.2, -0.15) is 0 Å². The van der Waals surface area contributed by atoms with Crippen LogP contribution in [0.5, 0.6) is 0 Å². The molecule has 0 heterocycles. The molecule has 2 rings (SSSR count). The maximum Gasteiger partial charge on any atom is 0.307 e. The third kappa shape index (κ3) is 3.85. The predicted octanol–water partition coefficient (Wildman–Crippen LogP) is 5.64. The Labute approximate surface area is 153 Å². The third-order valence-electron chi connectivity index (χ3n) is 7.84. The predicted molar refractivity (Wildman–Crippen MR) is 101 cm³/mol. The molecule has 0 amide bonds. The van der Waals surface area contributed by atoms with Crippen molar-refractivity contribution in [2.45, 2.75) is 86.0 Å². The number of rotatable bonds is 7. The van der Waals surface area contributed by atoms with Gasteiger partial charge in [0.15, 0.2) is 5.78 Å². The second-order valence-corrected chi connectivity index (χ2v) is 9.00. The van der Waals surface area contributed by atoms with E-state index in [1.807, 2.05) is 6.08 Å². The number of carboxylic acids is 1. The number of carbonyl (C=O) groups excluding carboxylic acids is 1. The van der Waals surface area contributed by atoms with Crippen LogP contribution in [-0.4, -0.2) is 16.9 Å². The van der Waals surface area contributed by atoms with Crippen LogP contribution in [0.3, 0.4) is 0 Å². The SMILES string of the molecule is CC[C@@]1(C)CCC(=O)C=C1CC[C@H](C)C1CC[C@H](C(=O)O)[C@@]1(C)CC. The third-order valence-corrected chi connectivity index (χ3v) is 7.84. The van der Waals surface area contributed by atoms with Crippen molar-refractivity contribution in [3.63, 3.8) is 0 Å². The van der Waals surface area contributed by atoms with E-state index in [2.05, 4.69) is 34.6 Å². The lowest BCUT2D eigenvalue weighted by molar-refractivity contribution is -0.146. The first kappa shape index (κ1) is 20.2. The summed E-state index contributed by atoms with van der Waals surface area (Å²) in [4.78, 5) is 23.6. The smallest absolute Gasteiger partial charge is 0.307 e. The Bertz CT molecular complexity index is 549. The van der Waals surface area contributed by atoms with Crippen LogP contribution >= 0.6 is 0 Å². The minimum atomic E-state index is -0.627. The summed E-state index contributed by atoms with van der Waals surface area (Å²) in [6, 6.07) is 0. The van der Waals surface area contributed by atoms with Gasteiger partial charge in [-0.25, -0.2) is 0 Å². The molecule has 3 heteroatoms. The molecule has 3 nitrogen and oxygen atoms in total. The molecule has 1 N–H and O–H groups in total. The van der Waals surface area contributed by atoms with Crippen LogP contribution < -0.4 is 0 Å². The lowest BCUT2D eigenvalue weighted by atomic mass is 9.65. The van der Waals surface area contributed by atoms with Crippen molar-refractivity contribution in [2.75, 3.05) is 0 Å². The van der Waals surface area contributed by atoms with Crippen molar-refractivity contribution in [3.05, 3.63) is 11.6 Å². The lowest BCUT2D eigenvalue weighted by Gasteiger charge is -2.39. The summed E-state index contributed by atoms with van der Waals surface area (Å²) >= 11 is 0. The van der Waals surface area contributed by atoms with Gasteiger partial charge in [0.25, 0.3) is 0 Å². The molecular weight excluding hydrogens is 312 g/mol. The summed E-state index contributed by atoms with van der Waals surface area (Å²) in [5.41, 5.74) is 1.39. The van der Waals surface area contributed by atoms with E-state index in [1.165, 1.54) is 5.57 Å². The normalized spacial score (nSPS) is 37.0. The Morgan fingerprint density at radius 2 is 1.96 bits per heavy atom. The van der Waals surface area contributed by atoms with Gasteiger partial charge in [-0.15, -0.1) is 0 Å². The molecule has 0 saturated heterocycles. The monoisotopic (exact) mass is 348 g/mol. The van der Waals surface area contributed by atoms with Crippen LogP contribution in [-0.2, 0) is 9.59 Å². The van der Waals surface area contributed by atoms with E-state index in [-0.39, 0.29) is 22.5 Å². The number of hydrogen-bond donors (Lipinski definition) is 1. The van der Waals surface area contributed by atoms with Crippen LogP contribution in [0.1, 0.15) is 86.0 Å². The highest BCUT2D eigenvalue weighted by Gasteiger charge is 2.50. The number of carboxylic acid groups (broad SMARTS) is 1. The fraction of sp³-hybridized carbons (Fsp3) is 0.818. The summed E-state index contributed by atoms with van der Waals surface area (Å²) in [6.45, 7) is 11.1. The number of allylic oxidation sites excluding steroid dienone is 2. The topological polar surface area (TPSA) is 54.4 Å². The number of hydrogen-bond acceptors (Lipinski definition) is 2. The maximum absolute atomic E-state index is 11.9. The number of ketones is 1. The second-order valence-electron chi connectivity index (χ2n) is 9.00. The molecule has 1 saturated carbocycles. The van der Waals surface area contributed by atoms with E-state index in [0.29, 0.717) is 18.3 Å². The molecule has 0 bridgehead atoms. The molecule has 0 aromatic carbocycles. The van der Waals surface area contributed by atoms with Crippen LogP contribution in [0.2, 0.25) is 0 Å². The average Bonchev–Trinajstić information content (AvgIpc) is 2.93. The van der Waals surface area contributed by atoms with Gasteiger partial charge in [-0.1, -0.05) is 40.2 Å². The quantitative estimate of drug-likeness (QED) is 0.648. The largest absolute Gasteiger partial charge is 0.481 e. The number of carbonyl (C=O) groups is 2. The fourth-order valence-corrected chi connectivity index (χ4v) is 5.48. The van der Waals surface area contributed by atoms with Crippen molar-refractivity contribution in [1.29, 1.82) is 0 Å². The standard InChI is InChI=1S/C22H36O3/c1-6-21(4)13-12-17(23)14-16(21)9-8-15(3)18-10-11-19(20(24)25)22(18,5)7-2/h14-15,18-19H,6-13H2,1-5H3,(H,24,25)/t15-,18?,19+,21-,22-/m0/s1. The molecular formula is C22H36O3. The molecule has 0 radical (unpaired) electrons. The highest BCUT2D eigenvalue weighted by atomic mass is 16.4. The minimum Gasteiger partial charge on any atom is -0.481 e. The molecule has 142 valence electrons. The van der Waals surface area contributed by atoms with E-state index in [0.717, 1.165) is 44.9 Å². The van der Waals surface area contributed by atoms with Gasteiger partial charge < -0.3 is 5.11 Å². The summed E-state index contributed by atoms with van der Waals surface area (Å²) < 4.78 is 0. The van der Waals surface area contributed by atoms with Crippen LogP contribution in [0.25, 0.3) is 0 Å². The summed E-state index contributed by atoms with van der Waals surface area (Å²) in [5.74, 6) is 0.401. The average molecular weight is 349 g/mol. The highest BCUT2D eigenvalue weighted by Crippen LogP contribution is 2.54. The first-order valence-corrected chi connectivity index (χ1v) is 10.1. The summed E-state index contributed by atoms with van der Waals surface area (Å²) in [7, 11) is 0. The zero-order chi connectivity index (χ0) is 18.8. The van der Waals surface area contributed by atoms with E-state index < -0.39 is 5.97 Å². The molecule has 0 aromatic rings. The molecule has 2 aliphatic carbocycles. The van der Waals surface area contributed by atoms with Gasteiger partial charge in [-0.3, -0.25) is 9.59 Å². The van der Waals surface area contributed by atoms with Crippen molar-refractivity contribution in [2.24, 2.45) is 28.6 Å². The molecule has 2 aliphatic rings. The Balaban J connectivity index is 2.08. The molecule has 5 atom stereocenters. The Morgan fingerprint density at radius 1 is 1.28 bits per heavy atom. The first-order chi connectivity index (χ1) is 11.7. The van der Waals surface area contributed by atoms with Gasteiger partial charge in [0.05, 0.1) is 5.92 Å². The Morgan fingerprint density at radius 3 is 2.52 bits per heavy atom. The maximum atomic E-state index is 11.9. The van der Waals surface area contributed by atoms with Crippen molar-refractivity contribution in [1.82, 2.24) is 0 Å². The fourth-order valence-electron chi connectivity index (χ4n) is 5.48. The molecule has 0 aliphatic heterocycles. The van der Waals surface area contributed by atoms with Gasteiger partial charge in [0.2, 0.25) is 0 Å². The molecule has 0 spiro atoms. The van der Waals surface area contributed by atoms with Gasteiger partial charge in [-0.05, 0) is 73.7 Å². The van der Waals surface area contributed by atoms with Gasteiger partial charge in [0, 0.05) is 6.42 Å². The van der Waals surface area contributed by atoms with Crippen LogP contribution in [0.4, 0.5) is 0 Å². The van der Waals surface area contributed by atoms with Gasteiger partial charge in [0.1, 0.15) is 0 Å².